The number of phosphoric ester groups is 2. The molecule has 0 spiro atoms. The number of halogens is 1. The van der Waals surface area contributed by atoms with Gasteiger partial charge in [-0.15, -0.1) is 0 Å². The van der Waals surface area contributed by atoms with Gasteiger partial charge in [0.1, 0.15) is 0 Å². The Hall–Kier alpha value is -1.06. The van der Waals surface area contributed by atoms with E-state index in [1.807, 2.05) is 4.98 Å². The van der Waals surface area contributed by atoms with Crippen molar-refractivity contribution >= 4 is 23.5 Å². The fourth-order valence-corrected chi connectivity index (χ4v) is 5.76. The van der Waals surface area contributed by atoms with Crippen molar-refractivity contribution in [3.8, 4) is 0 Å². The van der Waals surface area contributed by atoms with Crippen molar-refractivity contribution < 1.29 is 60.3 Å². The molecule has 1 aliphatic rings. The van der Waals surface area contributed by atoms with E-state index >= 15 is 0 Å². The second-order valence-corrected chi connectivity index (χ2v) is 10.7. The lowest BCUT2D eigenvalue weighted by atomic mass is 10.0. The van der Waals surface area contributed by atoms with Gasteiger partial charge in [-0.3, -0.25) is 23.4 Å². The molecule has 3 unspecified atom stereocenters. The molecule has 0 aliphatic carbocycles. The summed E-state index contributed by atoms with van der Waals surface area (Å²) in [5.41, 5.74) is -1.79. The van der Waals surface area contributed by atoms with E-state index in [1.165, 1.54) is 0 Å². The van der Waals surface area contributed by atoms with Gasteiger partial charge in [-0.1, -0.05) is 0 Å². The van der Waals surface area contributed by atoms with E-state index in [9.17, 15) is 42.6 Å². The second kappa shape index (κ2) is 9.83. The first-order valence-corrected chi connectivity index (χ1v) is 12.5. The molecule has 16 nitrogen and oxygen atoms in total. The first kappa shape index (κ1) is 26.2. The van der Waals surface area contributed by atoms with Gasteiger partial charge in [0.15, 0.2) is 12.4 Å². The van der Waals surface area contributed by atoms with Crippen molar-refractivity contribution in [3.05, 3.63) is 33.1 Å². The minimum absolute atomic E-state index is 0.639. The summed E-state index contributed by atoms with van der Waals surface area (Å²) in [6.07, 6.45) is -4.22. The van der Waals surface area contributed by atoms with Crippen LogP contribution in [0.3, 0.4) is 0 Å². The maximum atomic E-state index is 14.7. The zero-order valence-electron chi connectivity index (χ0n) is 15.4. The fraction of sp³-hybridized carbons (Fsp3) is 0.636. The molecule has 20 heteroatoms. The van der Waals surface area contributed by atoms with E-state index in [4.69, 9.17) is 9.63 Å². The van der Waals surface area contributed by atoms with Crippen LogP contribution in [0.1, 0.15) is 6.23 Å². The van der Waals surface area contributed by atoms with Crippen LogP contribution in [-0.2, 0) is 36.1 Å². The van der Waals surface area contributed by atoms with Gasteiger partial charge in [0.25, 0.3) is 5.56 Å². The predicted octanol–water partition coefficient (Wildman–Crippen LogP) is -0.622. The minimum atomic E-state index is -5.64. The number of hydrogen-bond donors (Lipinski definition) is 5. The maximum Gasteiger partial charge on any atom is 0.490 e. The Morgan fingerprint density at radius 1 is 1.16 bits per heavy atom. The zero-order chi connectivity index (χ0) is 23.6. The van der Waals surface area contributed by atoms with E-state index in [2.05, 4.69) is 17.7 Å². The summed E-state index contributed by atoms with van der Waals surface area (Å²) in [5, 5.41) is 9.39. The number of aromatic amines is 1. The van der Waals surface area contributed by atoms with Gasteiger partial charge < -0.3 is 24.5 Å². The summed E-state index contributed by atoms with van der Waals surface area (Å²) in [5.74, 6) is -1.38. The van der Waals surface area contributed by atoms with Crippen molar-refractivity contribution in [1.82, 2.24) is 9.55 Å². The number of ether oxygens (including phenoxy) is 1. The molecule has 2 rings (SSSR count). The standard InChI is InChI=1S/C11H18FN2O14P3/c1-24-29(18,19)27-31(22,23)28-30(20,21)25-5-7-6(4-15)9(12)10(26-7)14-3-2-8(16)13-11(14)17/h2-3,6-7,9-10,15H,4-5H2,1H3,(H,18,19)(H,20,21)(H,22,23)(H,13,16,17)/t6-,7-,9-,10-/m1/s1. The molecule has 178 valence electrons. The second-order valence-electron chi connectivity index (χ2n) is 5.92. The molecule has 0 amide bonds. The number of H-pyrrole nitrogens is 1. The number of aromatic nitrogens is 2. The van der Waals surface area contributed by atoms with Gasteiger partial charge >= 0.3 is 29.2 Å². The number of phosphoric acid groups is 3. The highest BCUT2D eigenvalue weighted by Crippen LogP contribution is 2.67. The number of aliphatic hydroxyl groups excluding tert-OH is 1. The third-order valence-electron chi connectivity index (χ3n) is 3.85. The van der Waals surface area contributed by atoms with Crippen LogP contribution in [-0.4, -0.2) is 61.9 Å². The number of aliphatic hydroxyl groups is 1. The van der Waals surface area contributed by atoms with E-state index in [-0.39, 0.29) is 0 Å². The summed E-state index contributed by atoms with van der Waals surface area (Å²) >= 11 is 0. The van der Waals surface area contributed by atoms with E-state index in [1.54, 1.807) is 0 Å². The van der Waals surface area contributed by atoms with Crippen molar-refractivity contribution in [2.45, 2.75) is 18.5 Å². The molecule has 1 aromatic rings. The smallest absolute Gasteiger partial charge is 0.396 e. The molecule has 0 radical (unpaired) electrons. The van der Waals surface area contributed by atoms with Crippen molar-refractivity contribution in [1.29, 1.82) is 0 Å². The van der Waals surface area contributed by atoms with E-state index < -0.39 is 72.4 Å². The number of nitrogens with zero attached hydrogens (tertiary/aromatic N) is 1. The lowest BCUT2D eigenvalue weighted by molar-refractivity contribution is -0.0435. The molecular formula is C11H18FN2O14P3. The van der Waals surface area contributed by atoms with Gasteiger partial charge in [-0.25, -0.2) is 22.9 Å². The highest BCUT2D eigenvalue weighted by molar-refractivity contribution is 7.66. The number of nitrogens with one attached hydrogen (secondary N) is 1. The summed E-state index contributed by atoms with van der Waals surface area (Å²) in [7, 11) is -15.5. The zero-order valence-corrected chi connectivity index (χ0v) is 18.1. The molecule has 7 atom stereocenters. The molecule has 5 N–H and O–H groups in total. The molecule has 0 bridgehead atoms. The SMILES string of the molecule is COP(=O)(O)OP(=O)(O)OP(=O)(O)OC[C@H]1O[C@@H](n2ccc(=O)[nH]c2=O)[C@H](F)[C@@H]1CO. The molecule has 0 saturated carbocycles. The van der Waals surface area contributed by atoms with Gasteiger partial charge in [0.05, 0.1) is 19.3 Å². The lowest BCUT2D eigenvalue weighted by Gasteiger charge is -2.20. The molecule has 31 heavy (non-hydrogen) atoms. The number of alkyl halides is 1. The third kappa shape index (κ3) is 6.96. The molecule has 1 saturated heterocycles. The van der Waals surface area contributed by atoms with Gasteiger partial charge in [0, 0.05) is 25.3 Å². The molecule has 1 fully saturated rings. The summed E-state index contributed by atoms with van der Waals surface area (Å²) in [6.45, 7) is -1.85. The average molecular weight is 514 g/mol. The van der Waals surface area contributed by atoms with Crippen LogP contribution in [0.5, 0.6) is 0 Å². The lowest BCUT2D eigenvalue weighted by Crippen LogP contribution is -2.35. The Morgan fingerprint density at radius 3 is 2.32 bits per heavy atom. The van der Waals surface area contributed by atoms with Crippen LogP contribution >= 0.6 is 23.5 Å². The van der Waals surface area contributed by atoms with Gasteiger partial charge in [-0.05, 0) is 0 Å². The normalized spacial score (nSPS) is 29.7. The van der Waals surface area contributed by atoms with Crippen molar-refractivity contribution in [2.75, 3.05) is 20.3 Å². The highest BCUT2D eigenvalue weighted by atomic mass is 31.3. The van der Waals surface area contributed by atoms with E-state index in [0.29, 0.717) is 11.7 Å². The maximum absolute atomic E-state index is 14.7. The Kier molecular flexibility index (Phi) is 8.31. The quantitative estimate of drug-likeness (QED) is 0.245. The van der Waals surface area contributed by atoms with Crippen LogP contribution < -0.4 is 11.2 Å². The average Bonchev–Trinajstić information content (AvgIpc) is 2.93. The monoisotopic (exact) mass is 514 g/mol. The third-order valence-corrected chi connectivity index (χ3v) is 8.09. The first-order chi connectivity index (χ1) is 14.2. The van der Waals surface area contributed by atoms with Crippen LogP contribution in [0.25, 0.3) is 0 Å². The summed E-state index contributed by atoms with van der Waals surface area (Å²) in [6, 6.07) is 0.906. The molecule has 0 aromatic carbocycles. The van der Waals surface area contributed by atoms with Crippen LogP contribution in [0.2, 0.25) is 0 Å². The fourth-order valence-electron chi connectivity index (χ4n) is 2.50. The Labute approximate surface area is 172 Å². The number of rotatable bonds is 10. The van der Waals surface area contributed by atoms with E-state index in [0.717, 1.165) is 12.3 Å². The summed E-state index contributed by atoms with van der Waals surface area (Å²) in [4.78, 5) is 52.6. The molecular weight excluding hydrogens is 496 g/mol. The first-order valence-electron chi connectivity index (χ1n) is 8.03. The minimum Gasteiger partial charge on any atom is -0.396 e. The molecule has 1 aromatic heterocycles. The van der Waals surface area contributed by atoms with Crippen LogP contribution in [0.4, 0.5) is 4.39 Å². The Bertz CT molecular complexity index is 1040. The highest BCUT2D eigenvalue weighted by Gasteiger charge is 2.48. The molecule has 2 heterocycles. The van der Waals surface area contributed by atoms with Crippen LogP contribution in [0, 0.1) is 5.92 Å². The van der Waals surface area contributed by atoms with Crippen LogP contribution in [0.15, 0.2) is 21.9 Å². The van der Waals surface area contributed by atoms with Gasteiger partial charge in [-0.2, -0.15) is 8.62 Å². The summed E-state index contributed by atoms with van der Waals surface area (Å²) < 4.78 is 70.9. The largest absolute Gasteiger partial charge is 0.490 e. The molecule has 1 aliphatic heterocycles. The Balaban J connectivity index is 2.10. The predicted molar refractivity (Wildman–Crippen MR) is 95.3 cm³/mol. The van der Waals surface area contributed by atoms with Gasteiger partial charge in [0.2, 0.25) is 0 Å². The topological polar surface area (TPSA) is 233 Å². The number of hydrogen-bond acceptors (Lipinski definition) is 11. The Morgan fingerprint density at radius 2 is 1.77 bits per heavy atom. The van der Waals surface area contributed by atoms with Crippen molar-refractivity contribution in [3.63, 3.8) is 0 Å². The van der Waals surface area contributed by atoms with Crippen molar-refractivity contribution in [2.24, 2.45) is 5.92 Å².